The van der Waals surface area contributed by atoms with Gasteiger partial charge in [-0.25, -0.2) is 9.37 Å². The molecular formula is C17H17FN2OS. The highest BCUT2D eigenvalue weighted by molar-refractivity contribution is 7.99. The van der Waals surface area contributed by atoms with Crippen LogP contribution in [0.2, 0.25) is 0 Å². The number of thioether (sulfide) groups is 1. The molecule has 0 bridgehead atoms. The van der Waals surface area contributed by atoms with Crippen molar-refractivity contribution >= 4 is 11.8 Å². The number of ether oxygens (including phenoxy) is 1. The van der Waals surface area contributed by atoms with Gasteiger partial charge in [-0.1, -0.05) is 0 Å². The van der Waals surface area contributed by atoms with Gasteiger partial charge in [0.2, 0.25) is 0 Å². The average molecular weight is 316 g/mol. The lowest BCUT2D eigenvalue weighted by molar-refractivity contribution is 0.318. The Bertz CT molecular complexity index is 680. The molecule has 0 saturated carbocycles. The van der Waals surface area contributed by atoms with Crippen LogP contribution in [0, 0.1) is 31.0 Å². The van der Waals surface area contributed by atoms with Crippen LogP contribution in [-0.2, 0) is 0 Å². The Balaban J connectivity index is 1.82. The molecule has 1 heterocycles. The first-order valence-corrected chi connectivity index (χ1v) is 7.98. The summed E-state index contributed by atoms with van der Waals surface area (Å²) in [7, 11) is 0. The lowest BCUT2D eigenvalue weighted by Gasteiger charge is -2.08. The first-order valence-electron chi connectivity index (χ1n) is 6.99. The van der Waals surface area contributed by atoms with Crippen LogP contribution in [0.5, 0.6) is 5.75 Å². The smallest absolute Gasteiger partial charge is 0.123 e. The van der Waals surface area contributed by atoms with Gasteiger partial charge in [0, 0.05) is 11.4 Å². The maximum absolute atomic E-state index is 12.8. The number of halogens is 1. The molecule has 0 N–H and O–H groups in total. The van der Waals surface area contributed by atoms with E-state index in [0.717, 1.165) is 28.5 Å². The molecular weight excluding hydrogens is 299 g/mol. The largest absolute Gasteiger partial charge is 0.494 e. The van der Waals surface area contributed by atoms with Gasteiger partial charge in [-0.2, -0.15) is 5.26 Å². The van der Waals surface area contributed by atoms with Crippen LogP contribution in [-0.4, -0.2) is 17.3 Å². The first kappa shape index (κ1) is 16.3. The minimum atomic E-state index is -0.271. The molecule has 0 fully saturated rings. The third kappa shape index (κ3) is 4.47. The number of rotatable bonds is 6. The van der Waals surface area contributed by atoms with Gasteiger partial charge in [-0.05, 0) is 56.2 Å². The number of nitriles is 1. The van der Waals surface area contributed by atoms with Crippen LogP contribution < -0.4 is 4.74 Å². The topological polar surface area (TPSA) is 45.9 Å². The molecule has 0 aliphatic rings. The Morgan fingerprint density at radius 3 is 2.68 bits per heavy atom. The summed E-state index contributed by atoms with van der Waals surface area (Å²) in [5, 5.41) is 9.98. The fourth-order valence-electron chi connectivity index (χ4n) is 1.99. The molecule has 22 heavy (non-hydrogen) atoms. The molecule has 3 nitrogen and oxygen atoms in total. The second-order valence-corrected chi connectivity index (χ2v) is 5.96. The zero-order valence-electron chi connectivity index (χ0n) is 12.6. The Morgan fingerprint density at radius 1 is 1.27 bits per heavy atom. The van der Waals surface area contributed by atoms with Crippen LogP contribution in [0.25, 0.3) is 0 Å². The molecule has 0 atom stereocenters. The summed E-state index contributed by atoms with van der Waals surface area (Å²) in [4.78, 5) is 4.43. The van der Waals surface area contributed by atoms with Crippen LogP contribution >= 0.6 is 11.8 Å². The molecule has 114 valence electrons. The zero-order valence-corrected chi connectivity index (χ0v) is 13.4. The first-order chi connectivity index (χ1) is 10.6. The van der Waals surface area contributed by atoms with E-state index in [4.69, 9.17) is 4.74 Å². The number of aryl methyl sites for hydroxylation is 2. The summed E-state index contributed by atoms with van der Waals surface area (Å²) in [6.45, 7) is 4.40. The van der Waals surface area contributed by atoms with E-state index in [9.17, 15) is 9.65 Å². The van der Waals surface area contributed by atoms with Crippen molar-refractivity contribution in [1.29, 1.82) is 5.26 Å². The van der Waals surface area contributed by atoms with Gasteiger partial charge in [0.25, 0.3) is 0 Å². The monoisotopic (exact) mass is 316 g/mol. The SMILES string of the molecule is Cc1cc(C)c(C#N)c(SCCCOc2ccc(F)cc2)n1. The maximum Gasteiger partial charge on any atom is 0.123 e. The molecule has 0 saturated heterocycles. The highest BCUT2D eigenvalue weighted by Gasteiger charge is 2.08. The Hall–Kier alpha value is -2.06. The number of hydrogen-bond acceptors (Lipinski definition) is 4. The van der Waals surface area contributed by atoms with Gasteiger partial charge >= 0.3 is 0 Å². The van der Waals surface area contributed by atoms with E-state index in [1.165, 1.54) is 12.1 Å². The Labute approximate surface area is 134 Å². The van der Waals surface area contributed by atoms with E-state index < -0.39 is 0 Å². The van der Waals surface area contributed by atoms with E-state index in [-0.39, 0.29) is 5.82 Å². The summed E-state index contributed by atoms with van der Waals surface area (Å²) in [6, 6.07) is 10.1. The normalized spacial score (nSPS) is 10.3. The van der Waals surface area contributed by atoms with Gasteiger partial charge in [0.1, 0.15) is 22.7 Å². The summed E-state index contributed by atoms with van der Waals surface area (Å²) in [5.74, 6) is 1.20. The van der Waals surface area contributed by atoms with E-state index in [2.05, 4.69) is 11.1 Å². The van der Waals surface area contributed by atoms with Crippen molar-refractivity contribution in [3.05, 3.63) is 53.0 Å². The van der Waals surface area contributed by atoms with Crippen LogP contribution in [0.1, 0.15) is 23.2 Å². The second-order valence-electron chi connectivity index (χ2n) is 4.88. The van der Waals surface area contributed by atoms with E-state index in [1.54, 1.807) is 23.9 Å². The number of nitrogens with zero attached hydrogens (tertiary/aromatic N) is 2. The minimum Gasteiger partial charge on any atom is -0.494 e. The van der Waals surface area contributed by atoms with Crippen LogP contribution in [0.4, 0.5) is 4.39 Å². The molecule has 2 aromatic rings. The number of hydrogen-bond donors (Lipinski definition) is 0. The standard InChI is InChI=1S/C17H17FN2OS/c1-12-10-13(2)20-17(16(12)11-19)22-9-3-8-21-15-6-4-14(18)5-7-15/h4-7,10H,3,8-9H2,1-2H3. The summed E-state index contributed by atoms with van der Waals surface area (Å²) < 4.78 is 18.3. The minimum absolute atomic E-state index is 0.271. The van der Waals surface area contributed by atoms with Crippen molar-refractivity contribution in [1.82, 2.24) is 4.98 Å². The maximum atomic E-state index is 12.8. The second kappa shape index (κ2) is 7.81. The summed E-state index contributed by atoms with van der Waals surface area (Å²) in [6.07, 6.45) is 0.821. The lowest BCUT2D eigenvalue weighted by atomic mass is 10.1. The van der Waals surface area contributed by atoms with Crippen molar-refractivity contribution in [2.24, 2.45) is 0 Å². The predicted octanol–water partition coefficient (Wildman–Crippen LogP) is 4.27. The highest BCUT2D eigenvalue weighted by Crippen LogP contribution is 2.24. The molecule has 0 aliphatic heterocycles. The number of aromatic nitrogens is 1. The van der Waals surface area contributed by atoms with Gasteiger partial charge in [0.15, 0.2) is 0 Å². The fourth-order valence-corrected chi connectivity index (χ4v) is 3.01. The Morgan fingerprint density at radius 2 is 2.00 bits per heavy atom. The third-order valence-electron chi connectivity index (χ3n) is 3.03. The molecule has 1 aromatic carbocycles. The molecule has 0 radical (unpaired) electrons. The van der Waals surface area contributed by atoms with E-state index in [0.29, 0.717) is 17.9 Å². The quantitative estimate of drug-likeness (QED) is 0.590. The predicted molar refractivity (Wildman–Crippen MR) is 85.7 cm³/mol. The van der Waals surface area contributed by atoms with Crippen molar-refractivity contribution in [2.45, 2.75) is 25.3 Å². The molecule has 2 rings (SSSR count). The lowest BCUT2D eigenvalue weighted by Crippen LogP contribution is -2.00. The van der Waals surface area contributed by atoms with Crippen LogP contribution in [0.15, 0.2) is 35.4 Å². The third-order valence-corrected chi connectivity index (χ3v) is 4.09. The molecule has 0 amide bonds. The zero-order chi connectivity index (χ0) is 15.9. The van der Waals surface area contributed by atoms with E-state index in [1.807, 2.05) is 19.9 Å². The van der Waals surface area contributed by atoms with Crippen molar-refractivity contribution in [3.63, 3.8) is 0 Å². The van der Waals surface area contributed by atoms with Crippen molar-refractivity contribution < 1.29 is 9.13 Å². The average Bonchev–Trinajstić information content (AvgIpc) is 2.48. The van der Waals surface area contributed by atoms with Gasteiger partial charge in [-0.15, -0.1) is 11.8 Å². The van der Waals surface area contributed by atoms with Gasteiger partial charge < -0.3 is 4.74 Å². The highest BCUT2D eigenvalue weighted by atomic mass is 32.2. The number of benzene rings is 1. The molecule has 5 heteroatoms. The Kier molecular flexibility index (Phi) is 5.79. The summed E-state index contributed by atoms with van der Waals surface area (Å²) >= 11 is 1.56. The van der Waals surface area contributed by atoms with E-state index >= 15 is 0 Å². The molecule has 0 unspecified atom stereocenters. The van der Waals surface area contributed by atoms with Crippen molar-refractivity contribution in [3.8, 4) is 11.8 Å². The number of pyridine rings is 1. The molecule has 0 spiro atoms. The van der Waals surface area contributed by atoms with Gasteiger partial charge in [-0.3, -0.25) is 0 Å². The van der Waals surface area contributed by atoms with Crippen LogP contribution in [0.3, 0.4) is 0 Å². The molecule has 0 aliphatic carbocycles. The summed E-state index contributed by atoms with van der Waals surface area (Å²) in [5.41, 5.74) is 2.52. The van der Waals surface area contributed by atoms with Crippen molar-refractivity contribution in [2.75, 3.05) is 12.4 Å². The fraction of sp³-hybridized carbons (Fsp3) is 0.294. The van der Waals surface area contributed by atoms with Gasteiger partial charge in [0.05, 0.1) is 12.2 Å². The molecule has 1 aromatic heterocycles.